The molecule has 0 saturated heterocycles. The lowest BCUT2D eigenvalue weighted by atomic mass is 10.1. The molecule has 3 amide bonds. The van der Waals surface area contributed by atoms with Crippen LogP contribution in [0.4, 0.5) is 4.79 Å². The predicted octanol–water partition coefficient (Wildman–Crippen LogP) is 2.75. The van der Waals surface area contributed by atoms with Gasteiger partial charge in [-0.2, -0.15) is 0 Å². The van der Waals surface area contributed by atoms with E-state index in [9.17, 15) is 9.59 Å². The van der Waals surface area contributed by atoms with E-state index in [1.807, 2.05) is 32.0 Å². The molecule has 0 spiro atoms. The fourth-order valence-electron chi connectivity index (χ4n) is 2.38. The van der Waals surface area contributed by atoms with Gasteiger partial charge in [-0.1, -0.05) is 50.2 Å². The lowest BCUT2D eigenvalue weighted by molar-refractivity contribution is -0.123. The predicted molar refractivity (Wildman–Crippen MR) is 96.7 cm³/mol. The standard InChI is InChI=1S/C19H25N3O2/c1-14(2)18(23)20-10-11-21-19(24)22(3)13-15-8-9-16-6-4-5-7-17(16)12-15/h4-9,12,14H,10-11,13H2,1-3H3,(H,20,23)(H,21,24). The molecule has 0 aliphatic carbocycles. The lowest BCUT2D eigenvalue weighted by Gasteiger charge is -2.18. The smallest absolute Gasteiger partial charge is 0.317 e. The number of hydrogen-bond donors (Lipinski definition) is 2. The van der Waals surface area contributed by atoms with Gasteiger partial charge in [0.2, 0.25) is 5.91 Å². The van der Waals surface area contributed by atoms with Crippen molar-refractivity contribution in [2.75, 3.05) is 20.1 Å². The number of nitrogens with one attached hydrogen (secondary N) is 2. The fourth-order valence-corrected chi connectivity index (χ4v) is 2.38. The van der Waals surface area contributed by atoms with Crippen molar-refractivity contribution in [3.63, 3.8) is 0 Å². The number of nitrogens with zero attached hydrogens (tertiary/aromatic N) is 1. The van der Waals surface area contributed by atoms with Gasteiger partial charge in [-0.05, 0) is 22.4 Å². The van der Waals surface area contributed by atoms with Crippen LogP contribution in [0, 0.1) is 5.92 Å². The highest BCUT2D eigenvalue weighted by atomic mass is 16.2. The molecule has 0 aliphatic heterocycles. The maximum absolute atomic E-state index is 12.1. The van der Waals surface area contributed by atoms with E-state index in [1.54, 1.807) is 11.9 Å². The summed E-state index contributed by atoms with van der Waals surface area (Å²) in [5, 5.41) is 7.94. The number of fused-ring (bicyclic) bond motifs is 1. The largest absolute Gasteiger partial charge is 0.354 e. The Hall–Kier alpha value is -2.56. The molecule has 0 fully saturated rings. The molecule has 2 N–H and O–H groups in total. The van der Waals surface area contributed by atoms with Crippen molar-refractivity contribution in [1.82, 2.24) is 15.5 Å². The summed E-state index contributed by atoms with van der Waals surface area (Å²) >= 11 is 0. The van der Waals surface area contributed by atoms with Crippen LogP contribution >= 0.6 is 0 Å². The molecule has 24 heavy (non-hydrogen) atoms. The zero-order valence-corrected chi connectivity index (χ0v) is 14.5. The van der Waals surface area contributed by atoms with Crippen molar-refractivity contribution < 1.29 is 9.59 Å². The first-order valence-corrected chi connectivity index (χ1v) is 8.21. The van der Waals surface area contributed by atoms with Crippen LogP contribution in [-0.4, -0.2) is 37.0 Å². The summed E-state index contributed by atoms with van der Waals surface area (Å²) in [4.78, 5) is 25.2. The number of benzene rings is 2. The Bertz CT molecular complexity index is 713. The molecular formula is C19H25N3O2. The number of urea groups is 1. The quantitative estimate of drug-likeness (QED) is 0.802. The van der Waals surface area contributed by atoms with E-state index >= 15 is 0 Å². The highest BCUT2D eigenvalue weighted by molar-refractivity contribution is 5.83. The van der Waals surface area contributed by atoms with Crippen LogP contribution in [-0.2, 0) is 11.3 Å². The summed E-state index contributed by atoms with van der Waals surface area (Å²) in [5.74, 6) is -0.0509. The first-order valence-electron chi connectivity index (χ1n) is 8.21. The van der Waals surface area contributed by atoms with Gasteiger partial charge in [-0.3, -0.25) is 4.79 Å². The third-order valence-corrected chi connectivity index (χ3v) is 3.81. The van der Waals surface area contributed by atoms with E-state index in [-0.39, 0.29) is 17.9 Å². The maximum Gasteiger partial charge on any atom is 0.317 e. The van der Waals surface area contributed by atoms with E-state index in [0.29, 0.717) is 19.6 Å². The van der Waals surface area contributed by atoms with Crippen LogP contribution in [0.5, 0.6) is 0 Å². The Labute approximate surface area is 143 Å². The van der Waals surface area contributed by atoms with Gasteiger partial charge in [0.05, 0.1) is 0 Å². The van der Waals surface area contributed by atoms with Crippen molar-refractivity contribution in [1.29, 1.82) is 0 Å². The van der Waals surface area contributed by atoms with Gasteiger partial charge in [0.15, 0.2) is 0 Å². The van der Waals surface area contributed by atoms with Gasteiger partial charge in [0.1, 0.15) is 0 Å². The normalized spacial score (nSPS) is 10.7. The summed E-state index contributed by atoms with van der Waals surface area (Å²) in [7, 11) is 1.76. The second-order valence-corrected chi connectivity index (χ2v) is 6.22. The van der Waals surface area contributed by atoms with E-state index < -0.39 is 0 Å². The molecule has 128 valence electrons. The molecule has 0 aliphatic rings. The number of carbonyl (C=O) groups excluding carboxylic acids is 2. The van der Waals surface area contributed by atoms with Gasteiger partial charge in [-0.25, -0.2) is 4.79 Å². The van der Waals surface area contributed by atoms with Gasteiger partial charge in [-0.15, -0.1) is 0 Å². The molecule has 5 heteroatoms. The zero-order chi connectivity index (χ0) is 17.5. The number of amides is 3. The number of rotatable bonds is 6. The minimum Gasteiger partial charge on any atom is -0.354 e. The highest BCUT2D eigenvalue weighted by Crippen LogP contribution is 2.16. The first-order chi connectivity index (χ1) is 11.5. The molecule has 0 radical (unpaired) electrons. The Morgan fingerprint density at radius 2 is 1.67 bits per heavy atom. The van der Waals surface area contributed by atoms with E-state index in [4.69, 9.17) is 0 Å². The molecule has 0 aromatic heterocycles. The third kappa shape index (κ3) is 4.98. The van der Waals surface area contributed by atoms with Crippen LogP contribution in [0.3, 0.4) is 0 Å². The van der Waals surface area contributed by atoms with Crippen molar-refractivity contribution in [3.8, 4) is 0 Å². The van der Waals surface area contributed by atoms with Crippen LogP contribution in [0.2, 0.25) is 0 Å². The van der Waals surface area contributed by atoms with Crippen LogP contribution < -0.4 is 10.6 Å². The summed E-state index contributed by atoms with van der Waals surface area (Å²) in [6.07, 6.45) is 0. The Kier molecular flexibility index (Phi) is 6.18. The van der Waals surface area contributed by atoms with Crippen molar-refractivity contribution >= 4 is 22.7 Å². The Morgan fingerprint density at radius 1 is 1.00 bits per heavy atom. The lowest BCUT2D eigenvalue weighted by Crippen LogP contribution is -2.41. The molecule has 0 bridgehead atoms. The van der Waals surface area contributed by atoms with Gasteiger partial charge < -0.3 is 15.5 Å². The topological polar surface area (TPSA) is 61.4 Å². The van der Waals surface area contributed by atoms with Gasteiger partial charge in [0, 0.05) is 32.6 Å². The summed E-state index contributed by atoms with van der Waals surface area (Å²) in [6, 6.07) is 14.2. The minimum absolute atomic E-state index is 0.00577. The molecule has 2 rings (SSSR count). The SMILES string of the molecule is CC(C)C(=O)NCCNC(=O)N(C)Cc1ccc2ccccc2c1. The molecular weight excluding hydrogens is 302 g/mol. The average Bonchev–Trinajstić information content (AvgIpc) is 2.58. The Balaban J connectivity index is 1.81. The van der Waals surface area contributed by atoms with Gasteiger partial charge in [0.25, 0.3) is 0 Å². The molecule has 0 saturated carbocycles. The first kappa shape index (κ1) is 17.8. The monoisotopic (exact) mass is 327 g/mol. The van der Waals surface area contributed by atoms with Gasteiger partial charge >= 0.3 is 6.03 Å². The fraction of sp³-hybridized carbons (Fsp3) is 0.368. The second kappa shape index (κ2) is 8.34. The van der Waals surface area contributed by atoms with E-state index in [2.05, 4.69) is 34.9 Å². The molecule has 2 aromatic carbocycles. The summed E-state index contributed by atoms with van der Waals surface area (Å²) in [5.41, 5.74) is 1.08. The zero-order valence-electron chi connectivity index (χ0n) is 14.5. The third-order valence-electron chi connectivity index (χ3n) is 3.81. The Morgan fingerprint density at radius 3 is 2.38 bits per heavy atom. The second-order valence-electron chi connectivity index (χ2n) is 6.22. The van der Waals surface area contributed by atoms with Crippen LogP contribution in [0.25, 0.3) is 10.8 Å². The van der Waals surface area contributed by atoms with Crippen molar-refractivity contribution in [2.24, 2.45) is 5.92 Å². The minimum atomic E-state index is -0.151. The number of carbonyl (C=O) groups is 2. The van der Waals surface area contributed by atoms with Crippen LogP contribution in [0.1, 0.15) is 19.4 Å². The molecule has 2 aromatic rings. The van der Waals surface area contributed by atoms with E-state index in [0.717, 1.165) is 5.56 Å². The van der Waals surface area contributed by atoms with Crippen molar-refractivity contribution in [3.05, 3.63) is 48.0 Å². The summed E-state index contributed by atoms with van der Waals surface area (Å²) in [6.45, 7) is 5.07. The number of hydrogen-bond acceptors (Lipinski definition) is 2. The maximum atomic E-state index is 12.1. The molecule has 5 nitrogen and oxygen atoms in total. The molecule has 0 unspecified atom stereocenters. The average molecular weight is 327 g/mol. The highest BCUT2D eigenvalue weighted by Gasteiger charge is 2.10. The van der Waals surface area contributed by atoms with E-state index in [1.165, 1.54) is 10.8 Å². The van der Waals surface area contributed by atoms with Crippen LogP contribution in [0.15, 0.2) is 42.5 Å². The summed E-state index contributed by atoms with van der Waals surface area (Å²) < 4.78 is 0. The molecule has 0 heterocycles. The van der Waals surface area contributed by atoms with Crippen molar-refractivity contribution in [2.45, 2.75) is 20.4 Å². The molecule has 0 atom stereocenters.